The first kappa shape index (κ1) is 25.5. The van der Waals surface area contributed by atoms with Gasteiger partial charge in [-0.15, -0.1) is 0 Å². The van der Waals surface area contributed by atoms with E-state index in [1.807, 2.05) is 60.7 Å². The summed E-state index contributed by atoms with van der Waals surface area (Å²) in [5, 5.41) is 12.5. The number of nitriles is 1. The molecular formula is C28H21F3N4O2S. The van der Waals surface area contributed by atoms with E-state index in [9.17, 15) is 23.2 Å². The van der Waals surface area contributed by atoms with Gasteiger partial charge in [0.2, 0.25) is 11.8 Å². The van der Waals surface area contributed by atoms with Gasteiger partial charge in [0.05, 0.1) is 5.75 Å². The summed E-state index contributed by atoms with van der Waals surface area (Å²) in [5.74, 6) is -0.431. The minimum atomic E-state index is -4.60. The maximum atomic E-state index is 13.6. The Kier molecular flexibility index (Phi) is 7.20. The molecule has 0 saturated heterocycles. The molecule has 0 atom stereocenters. The Bertz CT molecular complexity index is 1510. The molecule has 0 unspecified atom stereocenters. The third kappa shape index (κ3) is 5.29. The minimum absolute atomic E-state index is 0.0295. The fraction of sp³-hybridized carbons (Fsp3) is 0.214. The molecule has 2 heterocycles. The molecule has 0 spiro atoms. The van der Waals surface area contributed by atoms with E-state index in [1.165, 1.54) is 0 Å². The molecule has 38 heavy (non-hydrogen) atoms. The van der Waals surface area contributed by atoms with Crippen LogP contribution in [0.3, 0.4) is 0 Å². The van der Waals surface area contributed by atoms with E-state index < -0.39 is 17.8 Å². The van der Waals surface area contributed by atoms with Crippen LogP contribution in [0, 0.1) is 11.3 Å². The number of carbonyl (C=O) groups is 1. The van der Waals surface area contributed by atoms with Crippen molar-refractivity contribution < 1.29 is 22.4 Å². The number of rotatable bonds is 6. The van der Waals surface area contributed by atoms with Crippen molar-refractivity contribution in [3.63, 3.8) is 0 Å². The van der Waals surface area contributed by atoms with E-state index in [0.717, 1.165) is 29.3 Å². The van der Waals surface area contributed by atoms with E-state index in [-0.39, 0.29) is 27.9 Å². The molecule has 2 aromatic carbocycles. The topological polar surface area (TPSA) is 91.8 Å². The Morgan fingerprint density at radius 3 is 2.32 bits per heavy atom. The van der Waals surface area contributed by atoms with Gasteiger partial charge in [0, 0.05) is 22.4 Å². The standard InChI is InChI=1S/C28H21F3N4O2S/c29-28(30,31)25-19-13-7-8-14-21(19)33-27(35-25)38-16-22(36)34-26-20(15-32)23(17-9-3-1-4-10-17)24(37-26)18-11-5-2-6-12-18/h1-6,9-12H,7-8,13-14,16H2,(H,34,36). The smallest absolute Gasteiger partial charge is 0.433 e. The second-order valence-electron chi connectivity index (χ2n) is 8.68. The molecule has 5 rings (SSSR count). The first-order valence-corrected chi connectivity index (χ1v) is 12.9. The number of anilines is 1. The number of furan rings is 1. The van der Waals surface area contributed by atoms with Gasteiger partial charge in [-0.2, -0.15) is 18.4 Å². The van der Waals surface area contributed by atoms with E-state index in [2.05, 4.69) is 21.4 Å². The zero-order valence-electron chi connectivity index (χ0n) is 20.0. The lowest BCUT2D eigenvalue weighted by molar-refractivity contribution is -0.142. The van der Waals surface area contributed by atoms with Crippen molar-refractivity contribution in [2.24, 2.45) is 0 Å². The number of nitrogens with zero attached hydrogens (tertiary/aromatic N) is 3. The summed E-state index contributed by atoms with van der Waals surface area (Å²) in [5.41, 5.74) is 1.76. The number of nitrogens with one attached hydrogen (secondary N) is 1. The normalized spacial score (nSPS) is 13.0. The summed E-state index contributed by atoms with van der Waals surface area (Å²) in [6, 6.07) is 20.5. The number of amides is 1. The van der Waals surface area contributed by atoms with E-state index >= 15 is 0 Å². The first-order valence-electron chi connectivity index (χ1n) is 11.9. The van der Waals surface area contributed by atoms with Crippen LogP contribution in [0.1, 0.15) is 35.4 Å². The Labute approximate surface area is 220 Å². The second-order valence-corrected chi connectivity index (χ2v) is 9.62. The highest BCUT2D eigenvalue weighted by molar-refractivity contribution is 7.99. The quantitative estimate of drug-likeness (QED) is 0.214. The van der Waals surface area contributed by atoms with Gasteiger partial charge in [-0.05, 0) is 31.2 Å². The number of hydrogen-bond donors (Lipinski definition) is 1. The van der Waals surface area contributed by atoms with Crippen LogP contribution < -0.4 is 5.32 Å². The molecule has 6 nitrogen and oxygen atoms in total. The van der Waals surface area contributed by atoms with Crippen LogP contribution in [0.15, 0.2) is 70.2 Å². The van der Waals surface area contributed by atoms with Gasteiger partial charge < -0.3 is 4.42 Å². The Morgan fingerprint density at radius 1 is 1.00 bits per heavy atom. The number of halogens is 3. The van der Waals surface area contributed by atoms with Crippen LogP contribution >= 0.6 is 11.8 Å². The highest BCUT2D eigenvalue weighted by Gasteiger charge is 2.38. The molecule has 192 valence electrons. The Morgan fingerprint density at radius 2 is 1.66 bits per heavy atom. The lowest BCUT2D eigenvalue weighted by atomic mass is 9.94. The molecular weight excluding hydrogens is 513 g/mol. The van der Waals surface area contributed by atoms with Crippen molar-refractivity contribution in [1.82, 2.24) is 9.97 Å². The predicted octanol–water partition coefficient (Wildman–Crippen LogP) is 6.90. The van der Waals surface area contributed by atoms with Crippen LogP contribution in [-0.2, 0) is 23.8 Å². The lowest BCUT2D eigenvalue weighted by Gasteiger charge is -2.20. The van der Waals surface area contributed by atoms with Gasteiger partial charge in [0.1, 0.15) is 17.4 Å². The van der Waals surface area contributed by atoms with Gasteiger partial charge in [0.25, 0.3) is 0 Å². The number of carbonyl (C=O) groups excluding carboxylic acids is 1. The second kappa shape index (κ2) is 10.7. The van der Waals surface area contributed by atoms with Gasteiger partial charge in [-0.25, -0.2) is 9.97 Å². The number of aryl methyl sites for hydroxylation is 1. The average molecular weight is 535 g/mol. The number of aromatic nitrogens is 2. The van der Waals surface area contributed by atoms with Crippen molar-refractivity contribution in [2.45, 2.75) is 37.0 Å². The van der Waals surface area contributed by atoms with Gasteiger partial charge in [0.15, 0.2) is 10.9 Å². The molecule has 0 radical (unpaired) electrons. The molecule has 0 saturated carbocycles. The third-order valence-electron chi connectivity index (χ3n) is 6.13. The fourth-order valence-corrected chi connectivity index (χ4v) is 5.13. The number of benzene rings is 2. The summed E-state index contributed by atoms with van der Waals surface area (Å²) in [4.78, 5) is 20.9. The van der Waals surface area contributed by atoms with E-state index in [4.69, 9.17) is 4.42 Å². The fourth-order valence-electron chi connectivity index (χ4n) is 4.46. The summed E-state index contributed by atoms with van der Waals surface area (Å²) in [6.07, 6.45) is -2.44. The van der Waals surface area contributed by atoms with Gasteiger partial charge in [-0.1, -0.05) is 72.4 Å². The van der Waals surface area contributed by atoms with Crippen molar-refractivity contribution in [3.05, 3.63) is 83.2 Å². The molecule has 1 aliphatic carbocycles. The van der Waals surface area contributed by atoms with Crippen molar-refractivity contribution in [1.29, 1.82) is 5.26 Å². The highest BCUT2D eigenvalue weighted by Crippen LogP contribution is 2.41. The van der Waals surface area contributed by atoms with Crippen molar-refractivity contribution in [3.8, 4) is 28.5 Å². The maximum Gasteiger partial charge on any atom is 0.433 e. The molecule has 0 bridgehead atoms. The number of alkyl halides is 3. The third-order valence-corrected chi connectivity index (χ3v) is 6.98. The van der Waals surface area contributed by atoms with Crippen molar-refractivity contribution in [2.75, 3.05) is 11.1 Å². The molecule has 0 fully saturated rings. The number of fused-ring (bicyclic) bond motifs is 1. The predicted molar refractivity (Wildman–Crippen MR) is 137 cm³/mol. The molecule has 1 aliphatic rings. The van der Waals surface area contributed by atoms with Crippen LogP contribution in [0.5, 0.6) is 0 Å². The molecule has 1 amide bonds. The average Bonchev–Trinajstić information content (AvgIpc) is 3.29. The summed E-state index contributed by atoms with van der Waals surface area (Å²) < 4.78 is 46.9. The van der Waals surface area contributed by atoms with Crippen LogP contribution in [-0.4, -0.2) is 21.6 Å². The molecule has 0 aliphatic heterocycles. The SMILES string of the molecule is N#Cc1c(NC(=O)CSc2nc3c(c(C(F)(F)F)n2)CCCC3)oc(-c2ccccc2)c1-c1ccccc1. The molecule has 4 aromatic rings. The Balaban J connectivity index is 1.41. The zero-order chi connectivity index (χ0) is 26.7. The number of thioether (sulfide) groups is 1. The first-order chi connectivity index (χ1) is 18.3. The summed E-state index contributed by atoms with van der Waals surface area (Å²) in [6.45, 7) is 0. The highest BCUT2D eigenvalue weighted by atomic mass is 32.2. The molecule has 2 aromatic heterocycles. The van der Waals surface area contributed by atoms with Gasteiger partial charge in [-0.3, -0.25) is 10.1 Å². The van der Waals surface area contributed by atoms with Gasteiger partial charge >= 0.3 is 6.18 Å². The van der Waals surface area contributed by atoms with E-state index in [1.54, 1.807) is 0 Å². The largest absolute Gasteiger partial charge is 0.438 e. The lowest BCUT2D eigenvalue weighted by Crippen LogP contribution is -2.20. The maximum absolute atomic E-state index is 13.6. The molecule has 10 heteroatoms. The zero-order valence-corrected chi connectivity index (χ0v) is 20.8. The Hall–Kier alpha value is -4.10. The monoisotopic (exact) mass is 534 g/mol. The van der Waals surface area contributed by atoms with Crippen LogP contribution in [0.4, 0.5) is 19.1 Å². The molecule has 1 N–H and O–H groups in total. The van der Waals surface area contributed by atoms with Crippen LogP contribution in [0.25, 0.3) is 22.5 Å². The van der Waals surface area contributed by atoms with E-state index in [0.29, 0.717) is 36.3 Å². The van der Waals surface area contributed by atoms with Crippen molar-refractivity contribution >= 4 is 23.6 Å². The summed E-state index contributed by atoms with van der Waals surface area (Å²) >= 11 is 0.809. The minimum Gasteiger partial charge on any atom is -0.438 e. The number of hydrogen-bond acceptors (Lipinski definition) is 6. The summed E-state index contributed by atoms with van der Waals surface area (Å²) in [7, 11) is 0. The van der Waals surface area contributed by atoms with Crippen LogP contribution in [0.2, 0.25) is 0 Å².